The highest BCUT2D eigenvalue weighted by Gasteiger charge is 2.15. The minimum Gasteiger partial charge on any atom is -0.394 e. The number of aromatic nitrogens is 9. The van der Waals surface area contributed by atoms with Crippen LogP contribution in [0.25, 0.3) is 0 Å². The second kappa shape index (κ2) is 16.0. The van der Waals surface area contributed by atoms with E-state index in [9.17, 15) is 0 Å². The molecule has 2 N–H and O–H groups in total. The third-order valence-electron chi connectivity index (χ3n) is 6.58. The Labute approximate surface area is 255 Å². The third kappa shape index (κ3) is 9.49. The van der Waals surface area contributed by atoms with Crippen molar-refractivity contribution in [2.75, 3.05) is 13.2 Å². The Morgan fingerprint density at radius 3 is 1.02 bits per heavy atom. The monoisotopic (exact) mass is 592 g/mol. The van der Waals surface area contributed by atoms with Gasteiger partial charge in [0.1, 0.15) is 0 Å². The predicted octanol–water partition coefficient (Wildman–Crippen LogP) is 2.78. The van der Waals surface area contributed by atoms with Gasteiger partial charge in [-0.2, -0.15) is 0 Å². The highest BCUT2D eigenvalue weighted by atomic mass is 16.3. The second-order valence-electron chi connectivity index (χ2n) is 10.3. The van der Waals surface area contributed by atoms with Crippen LogP contribution < -0.4 is 0 Å². The van der Waals surface area contributed by atoms with Crippen LogP contribution in [0.2, 0.25) is 0 Å². The van der Waals surface area contributed by atoms with Gasteiger partial charge in [0.15, 0.2) is 0 Å². The number of aliphatic hydroxyl groups is 2. The number of nitrogens with zero attached hydrogens (tertiary/aromatic N) is 10. The fourth-order valence-corrected chi connectivity index (χ4v) is 4.63. The molecule has 0 bridgehead atoms. The Balaban J connectivity index is 0.000000906. The van der Waals surface area contributed by atoms with Crippen molar-refractivity contribution in [1.29, 1.82) is 0 Å². The molecule has 0 atom stereocenters. The van der Waals surface area contributed by atoms with Crippen LogP contribution >= 0.6 is 0 Å². The van der Waals surface area contributed by atoms with E-state index in [2.05, 4.69) is 72.2 Å². The van der Waals surface area contributed by atoms with Crippen molar-refractivity contribution in [2.24, 2.45) is 0 Å². The Hall–Kier alpha value is -5.04. The molecule has 0 spiro atoms. The summed E-state index contributed by atoms with van der Waals surface area (Å²) in [4.78, 5) is 2.24. The van der Waals surface area contributed by atoms with Crippen molar-refractivity contribution in [2.45, 2.75) is 39.3 Å². The fourth-order valence-electron chi connectivity index (χ4n) is 4.63. The van der Waals surface area contributed by atoms with Gasteiger partial charge in [-0.25, -0.2) is 14.0 Å². The molecule has 0 aliphatic heterocycles. The predicted molar refractivity (Wildman–Crippen MR) is 164 cm³/mol. The summed E-state index contributed by atoms with van der Waals surface area (Å²) in [6.45, 7) is 3.55. The summed E-state index contributed by atoms with van der Waals surface area (Å²) in [6.07, 6.45) is 6.00. The maximum absolute atomic E-state index is 7.62. The molecule has 6 aromatic rings. The number of hydrogen-bond acceptors (Lipinski definition) is 9. The van der Waals surface area contributed by atoms with Crippen molar-refractivity contribution < 1.29 is 10.2 Å². The summed E-state index contributed by atoms with van der Waals surface area (Å²) in [5.41, 5.74) is 6.18. The molecule has 6 rings (SSSR count). The van der Waals surface area contributed by atoms with Crippen LogP contribution in [0.3, 0.4) is 0 Å². The van der Waals surface area contributed by atoms with Gasteiger partial charge in [0.05, 0.1) is 68.5 Å². The van der Waals surface area contributed by atoms with E-state index in [-0.39, 0.29) is 13.2 Å². The van der Waals surface area contributed by atoms with Gasteiger partial charge >= 0.3 is 0 Å². The molecule has 3 aromatic carbocycles. The molecule has 0 fully saturated rings. The Kier molecular flexibility index (Phi) is 11.0. The summed E-state index contributed by atoms with van der Waals surface area (Å²) < 4.78 is 5.61. The van der Waals surface area contributed by atoms with Crippen molar-refractivity contribution in [3.05, 3.63) is 143 Å². The van der Waals surface area contributed by atoms with Crippen molar-refractivity contribution in [3.63, 3.8) is 0 Å². The summed E-state index contributed by atoms with van der Waals surface area (Å²) in [5, 5.41) is 41.7. The number of benzene rings is 3. The minimum atomic E-state index is -0.125. The highest BCUT2D eigenvalue weighted by molar-refractivity contribution is 5.17. The van der Waals surface area contributed by atoms with E-state index in [4.69, 9.17) is 10.2 Å². The van der Waals surface area contributed by atoms with E-state index in [1.54, 1.807) is 0 Å². The van der Waals surface area contributed by atoms with E-state index >= 15 is 0 Å². The fraction of sp³-hybridized carbons (Fsp3) is 0.250. The second-order valence-corrected chi connectivity index (χ2v) is 10.3. The first kappa shape index (κ1) is 30.4. The Morgan fingerprint density at radius 2 is 0.750 bits per heavy atom. The molecule has 0 saturated carbocycles. The van der Waals surface area contributed by atoms with Crippen molar-refractivity contribution in [1.82, 2.24) is 49.9 Å². The zero-order valence-corrected chi connectivity index (χ0v) is 24.4. The zero-order chi connectivity index (χ0) is 30.4. The van der Waals surface area contributed by atoms with Crippen LogP contribution in [0.1, 0.15) is 33.8 Å². The van der Waals surface area contributed by atoms with Crippen LogP contribution in [0.4, 0.5) is 0 Å². The highest BCUT2D eigenvalue weighted by Crippen LogP contribution is 2.13. The van der Waals surface area contributed by atoms with Gasteiger partial charge < -0.3 is 10.2 Å². The molecule has 226 valence electrons. The van der Waals surface area contributed by atoms with Crippen molar-refractivity contribution >= 4 is 0 Å². The van der Waals surface area contributed by atoms with Gasteiger partial charge in [-0.3, -0.25) is 4.90 Å². The van der Waals surface area contributed by atoms with Crippen LogP contribution in [0.5, 0.6) is 0 Å². The van der Waals surface area contributed by atoms with Gasteiger partial charge in [-0.15, -0.1) is 15.3 Å². The first-order chi connectivity index (χ1) is 21.7. The molecule has 0 amide bonds. The molecule has 0 saturated heterocycles. The Bertz CT molecular complexity index is 1460. The number of rotatable bonds is 13. The molecule has 3 aromatic heterocycles. The average molecular weight is 593 g/mol. The largest absolute Gasteiger partial charge is 0.394 e. The minimum absolute atomic E-state index is 0.125. The summed E-state index contributed by atoms with van der Waals surface area (Å²) in [6, 6.07) is 30.8. The maximum atomic E-state index is 7.62. The lowest BCUT2D eigenvalue weighted by Gasteiger charge is -2.18. The maximum Gasteiger partial charge on any atom is 0.0967 e. The van der Waals surface area contributed by atoms with Gasteiger partial charge in [0.25, 0.3) is 0 Å². The normalized spacial score (nSPS) is 11.0. The van der Waals surface area contributed by atoms with Gasteiger partial charge in [0.2, 0.25) is 0 Å². The first-order valence-electron chi connectivity index (χ1n) is 14.4. The van der Waals surface area contributed by atoms with Crippen molar-refractivity contribution in [3.8, 4) is 0 Å². The smallest absolute Gasteiger partial charge is 0.0967 e. The summed E-state index contributed by atoms with van der Waals surface area (Å²) >= 11 is 0. The van der Waals surface area contributed by atoms with E-state index in [0.717, 1.165) is 17.1 Å². The molecule has 3 heterocycles. The van der Waals surface area contributed by atoms with Gasteiger partial charge in [-0.1, -0.05) is 107 Å². The van der Waals surface area contributed by atoms with Gasteiger partial charge in [-0.05, 0) is 16.7 Å². The lowest BCUT2D eigenvalue weighted by atomic mass is 10.2. The summed E-state index contributed by atoms with van der Waals surface area (Å²) in [7, 11) is 0. The molecule has 0 unspecified atom stereocenters. The topological polar surface area (TPSA) is 136 Å². The van der Waals surface area contributed by atoms with E-state index in [1.165, 1.54) is 16.7 Å². The third-order valence-corrected chi connectivity index (χ3v) is 6.58. The molecule has 44 heavy (non-hydrogen) atoms. The lowest BCUT2D eigenvalue weighted by molar-refractivity contribution is 0.186. The van der Waals surface area contributed by atoms with E-state index in [0.29, 0.717) is 39.3 Å². The average Bonchev–Trinajstić information content (AvgIpc) is 3.81. The standard InChI is InChI=1S/C30H30N10.C2H6O2/c1-4-10-25(11-5-1)16-38-22-28(31-34-38)19-37(20-29-23-39(35-32-29)17-26-12-6-2-7-13-26)21-30-24-40(36-33-30)18-27-14-8-3-9-15-27;3-1-2-4/h1-15,22-24H,16-21H2;3-4H,1-2H2. The Morgan fingerprint density at radius 1 is 0.455 bits per heavy atom. The van der Waals surface area contributed by atoms with Crippen LogP contribution in [0.15, 0.2) is 110 Å². The molecule has 0 aliphatic carbocycles. The van der Waals surface area contributed by atoms with Crippen LogP contribution in [0, 0.1) is 0 Å². The summed E-state index contributed by atoms with van der Waals surface area (Å²) in [5.74, 6) is 0. The van der Waals surface area contributed by atoms with Gasteiger partial charge in [0, 0.05) is 19.6 Å². The van der Waals surface area contributed by atoms with Crippen LogP contribution in [-0.4, -0.2) is 73.3 Å². The van der Waals surface area contributed by atoms with E-state index < -0.39 is 0 Å². The molecular formula is C32H36N10O2. The lowest BCUT2D eigenvalue weighted by Crippen LogP contribution is -2.23. The quantitative estimate of drug-likeness (QED) is 0.208. The number of aliphatic hydroxyl groups excluding tert-OH is 2. The molecule has 0 aliphatic rings. The molecule has 12 nitrogen and oxygen atoms in total. The molecule has 0 radical (unpaired) electrons. The van der Waals surface area contributed by atoms with E-state index in [1.807, 2.05) is 87.2 Å². The molecule has 12 heteroatoms. The first-order valence-corrected chi connectivity index (χ1v) is 14.4. The van der Waals surface area contributed by atoms with Crippen LogP contribution in [-0.2, 0) is 39.3 Å². The SMILES string of the molecule is OCCO.c1ccc(Cn2cc(CN(Cc3cn(Cc4ccccc4)nn3)Cc3cn(Cc4ccccc4)nn3)nn2)cc1. The number of hydrogen-bond donors (Lipinski definition) is 2. The zero-order valence-electron chi connectivity index (χ0n) is 24.4. The molecular weight excluding hydrogens is 556 g/mol.